The second kappa shape index (κ2) is 8.29. The molecule has 27 heavy (non-hydrogen) atoms. The highest BCUT2D eigenvalue weighted by Crippen LogP contribution is 2.29. The van der Waals surface area contributed by atoms with Crippen molar-refractivity contribution in [3.8, 4) is 22.8 Å². The summed E-state index contributed by atoms with van der Waals surface area (Å²) in [5.74, 6) is 1.14. The zero-order valence-corrected chi connectivity index (χ0v) is 16.1. The number of ketones is 1. The maximum Gasteiger partial charge on any atom is 0.185 e. The second-order valence-electron chi connectivity index (χ2n) is 5.64. The molecule has 0 spiro atoms. The molecule has 0 aliphatic carbocycles. The zero-order chi connectivity index (χ0) is 19.4. The molecule has 0 atom stereocenters. The molecular weight excluding hydrogens is 387 g/mol. The third kappa shape index (κ3) is 4.51. The molecule has 0 saturated carbocycles. The number of carbonyl (C=O) groups is 1. The fraction of sp³-hybridized carbons (Fsp3) is 0.100. The lowest BCUT2D eigenvalue weighted by Crippen LogP contribution is -1.93. The van der Waals surface area contributed by atoms with Gasteiger partial charge < -0.3 is 9.47 Å². The van der Waals surface area contributed by atoms with Crippen LogP contribution in [0.15, 0.2) is 48.5 Å². The Kier molecular flexibility index (Phi) is 5.84. The minimum absolute atomic E-state index is 0.187. The fourth-order valence-corrected chi connectivity index (χ4v) is 2.73. The third-order valence-corrected chi connectivity index (χ3v) is 4.60. The number of H-pyrrole nitrogens is 1. The van der Waals surface area contributed by atoms with Gasteiger partial charge in [-0.2, -0.15) is 5.10 Å². The molecule has 0 aliphatic heterocycles. The molecule has 0 bridgehead atoms. The predicted octanol–water partition coefficient (Wildman–Crippen LogP) is 5.30. The van der Waals surface area contributed by atoms with E-state index in [4.69, 9.17) is 32.7 Å². The number of nitrogens with zero attached hydrogens (tertiary/aromatic N) is 1. The summed E-state index contributed by atoms with van der Waals surface area (Å²) in [6, 6.07) is 12.1. The summed E-state index contributed by atoms with van der Waals surface area (Å²) in [5, 5.41) is 7.91. The number of hydrogen-bond donors (Lipinski definition) is 1. The molecule has 0 amide bonds. The molecule has 0 aliphatic rings. The van der Waals surface area contributed by atoms with Gasteiger partial charge in [0, 0.05) is 17.2 Å². The molecule has 2 aromatic carbocycles. The van der Waals surface area contributed by atoms with Gasteiger partial charge >= 0.3 is 0 Å². The first kappa shape index (κ1) is 19.0. The van der Waals surface area contributed by atoms with E-state index in [0.29, 0.717) is 38.5 Å². The summed E-state index contributed by atoms with van der Waals surface area (Å²) in [7, 11) is 3.18. The number of benzene rings is 2. The Bertz CT molecular complexity index is 990. The van der Waals surface area contributed by atoms with Gasteiger partial charge in [-0.3, -0.25) is 9.89 Å². The van der Waals surface area contributed by atoms with Gasteiger partial charge in [0.25, 0.3) is 0 Å². The highest BCUT2D eigenvalue weighted by atomic mass is 35.5. The van der Waals surface area contributed by atoms with E-state index in [-0.39, 0.29) is 5.78 Å². The maximum absolute atomic E-state index is 12.3. The van der Waals surface area contributed by atoms with Crippen LogP contribution in [-0.4, -0.2) is 30.2 Å². The first-order valence-electron chi connectivity index (χ1n) is 7.96. The smallest absolute Gasteiger partial charge is 0.185 e. The number of hydrogen-bond acceptors (Lipinski definition) is 4. The zero-order valence-electron chi connectivity index (χ0n) is 14.6. The van der Waals surface area contributed by atoms with Crippen LogP contribution in [0, 0.1) is 0 Å². The highest BCUT2D eigenvalue weighted by molar-refractivity contribution is 6.42. The topological polar surface area (TPSA) is 64.2 Å². The van der Waals surface area contributed by atoms with E-state index in [1.807, 2.05) is 18.2 Å². The molecule has 0 radical (unpaired) electrons. The van der Waals surface area contributed by atoms with Crippen LogP contribution in [-0.2, 0) is 0 Å². The fourth-order valence-electron chi connectivity index (χ4n) is 2.44. The Balaban J connectivity index is 1.80. The molecule has 3 aromatic rings. The highest BCUT2D eigenvalue weighted by Gasteiger charge is 2.09. The largest absolute Gasteiger partial charge is 0.497 e. The Morgan fingerprint density at radius 2 is 1.70 bits per heavy atom. The maximum atomic E-state index is 12.3. The van der Waals surface area contributed by atoms with Crippen LogP contribution < -0.4 is 9.47 Å². The number of rotatable bonds is 6. The second-order valence-corrected chi connectivity index (χ2v) is 6.45. The van der Waals surface area contributed by atoms with Gasteiger partial charge in [-0.1, -0.05) is 23.2 Å². The van der Waals surface area contributed by atoms with Gasteiger partial charge in [0.2, 0.25) is 0 Å². The van der Waals surface area contributed by atoms with Crippen molar-refractivity contribution in [1.82, 2.24) is 10.2 Å². The van der Waals surface area contributed by atoms with Crippen LogP contribution in [0.25, 0.3) is 17.3 Å². The summed E-state index contributed by atoms with van der Waals surface area (Å²) < 4.78 is 10.5. The Labute approximate surface area is 166 Å². The van der Waals surface area contributed by atoms with Crippen LogP contribution in [0.1, 0.15) is 16.1 Å². The van der Waals surface area contributed by atoms with Crippen molar-refractivity contribution in [3.63, 3.8) is 0 Å². The summed E-state index contributed by atoms with van der Waals surface area (Å²) in [6.45, 7) is 0. The van der Waals surface area contributed by atoms with E-state index in [9.17, 15) is 4.79 Å². The number of aromatic nitrogens is 2. The number of allylic oxidation sites excluding steroid dienone is 1. The van der Waals surface area contributed by atoms with Crippen LogP contribution in [0.2, 0.25) is 10.0 Å². The minimum Gasteiger partial charge on any atom is -0.497 e. The van der Waals surface area contributed by atoms with Crippen LogP contribution in [0.5, 0.6) is 11.5 Å². The Morgan fingerprint density at radius 3 is 2.33 bits per heavy atom. The quantitative estimate of drug-likeness (QED) is 0.448. The van der Waals surface area contributed by atoms with E-state index < -0.39 is 0 Å². The van der Waals surface area contributed by atoms with Crippen molar-refractivity contribution in [2.45, 2.75) is 0 Å². The van der Waals surface area contributed by atoms with E-state index in [1.165, 1.54) is 12.1 Å². The molecule has 5 nitrogen and oxygen atoms in total. The molecule has 0 fully saturated rings. The summed E-state index contributed by atoms with van der Waals surface area (Å²) in [4.78, 5) is 12.3. The number of methoxy groups -OCH3 is 2. The first-order valence-corrected chi connectivity index (χ1v) is 8.72. The Morgan fingerprint density at radius 1 is 1.00 bits per heavy atom. The van der Waals surface area contributed by atoms with Gasteiger partial charge in [0.05, 0.1) is 35.7 Å². The van der Waals surface area contributed by atoms with Gasteiger partial charge in [0.1, 0.15) is 11.5 Å². The molecule has 3 rings (SSSR count). The minimum atomic E-state index is -0.187. The standard InChI is InChI=1S/C20H16Cl2N2O3/c1-26-15-7-13(8-16(11-15)27-2)19-10-14(23-24-19)4-6-20(25)12-3-5-17(21)18(22)9-12/h3-11H,1-2H3,(H,23,24). The summed E-state index contributed by atoms with van der Waals surface area (Å²) in [6.07, 6.45) is 3.10. The van der Waals surface area contributed by atoms with Crippen molar-refractivity contribution in [2.24, 2.45) is 0 Å². The lowest BCUT2D eigenvalue weighted by molar-refractivity contribution is 0.104. The molecule has 7 heteroatoms. The van der Waals surface area contributed by atoms with Gasteiger partial charge in [-0.15, -0.1) is 0 Å². The van der Waals surface area contributed by atoms with Crippen molar-refractivity contribution < 1.29 is 14.3 Å². The average molecular weight is 403 g/mol. The van der Waals surface area contributed by atoms with E-state index in [1.54, 1.807) is 38.5 Å². The van der Waals surface area contributed by atoms with Crippen LogP contribution >= 0.6 is 23.2 Å². The van der Waals surface area contributed by atoms with Crippen LogP contribution in [0.3, 0.4) is 0 Å². The predicted molar refractivity (Wildman–Crippen MR) is 107 cm³/mol. The van der Waals surface area contributed by atoms with Gasteiger partial charge in [-0.25, -0.2) is 0 Å². The molecular formula is C20H16Cl2N2O3. The molecule has 0 unspecified atom stereocenters. The first-order chi connectivity index (χ1) is 13.0. The number of halogens is 2. The van der Waals surface area contributed by atoms with Crippen molar-refractivity contribution in [2.75, 3.05) is 14.2 Å². The number of nitrogens with one attached hydrogen (secondary N) is 1. The molecule has 1 aromatic heterocycles. The molecule has 1 heterocycles. The van der Waals surface area contributed by atoms with E-state index >= 15 is 0 Å². The summed E-state index contributed by atoms with van der Waals surface area (Å²) in [5.41, 5.74) is 2.67. The number of aromatic amines is 1. The van der Waals surface area contributed by atoms with Crippen molar-refractivity contribution in [3.05, 3.63) is 69.8 Å². The molecule has 138 valence electrons. The Hall–Kier alpha value is -2.76. The average Bonchev–Trinajstić information content (AvgIpc) is 3.16. The summed E-state index contributed by atoms with van der Waals surface area (Å²) >= 11 is 11.8. The number of ether oxygens (including phenoxy) is 2. The van der Waals surface area contributed by atoms with Crippen molar-refractivity contribution in [1.29, 1.82) is 0 Å². The normalized spacial score (nSPS) is 11.0. The van der Waals surface area contributed by atoms with Crippen LogP contribution in [0.4, 0.5) is 0 Å². The van der Waals surface area contributed by atoms with E-state index in [2.05, 4.69) is 10.2 Å². The SMILES string of the molecule is COc1cc(OC)cc(-c2cc(C=CC(=O)c3ccc(Cl)c(Cl)c3)[nH]n2)c1. The van der Waals surface area contributed by atoms with Gasteiger partial charge in [0.15, 0.2) is 5.78 Å². The van der Waals surface area contributed by atoms with Gasteiger partial charge in [-0.05, 0) is 48.6 Å². The number of carbonyl (C=O) groups excluding carboxylic acids is 1. The van der Waals surface area contributed by atoms with Crippen molar-refractivity contribution >= 4 is 35.1 Å². The third-order valence-electron chi connectivity index (χ3n) is 3.86. The monoisotopic (exact) mass is 402 g/mol. The lowest BCUT2D eigenvalue weighted by atomic mass is 10.1. The molecule has 0 saturated heterocycles. The molecule has 1 N–H and O–H groups in total. The lowest BCUT2D eigenvalue weighted by Gasteiger charge is -2.06. The van der Waals surface area contributed by atoms with E-state index in [0.717, 1.165) is 5.56 Å².